The van der Waals surface area contributed by atoms with Gasteiger partial charge >= 0.3 is 0 Å². The number of piperidine rings is 1. The van der Waals surface area contributed by atoms with E-state index in [1.807, 2.05) is 0 Å². The second-order valence-corrected chi connectivity index (χ2v) is 5.99. The molecule has 1 N–H and O–H groups in total. The van der Waals surface area contributed by atoms with E-state index in [9.17, 15) is 0 Å². The topological polar surface area (TPSA) is 27.7 Å². The quantitative estimate of drug-likeness (QED) is 0.843. The van der Waals surface area contributed by atoms with E-state index < -0.39 is 0 Å². The zero-order valence-corrected chi connectivity index (χ0v) is 12.5. The molecule has 2 fully saturated rings. The highest BCUT2D eigenvalue weighted by Crippen LogP contribution is 2.20. The Hall–Kier alpha value is -1.00. The van der Waals surface area contributed by atoms with Crippen LogP contribution in [0.15, 0.2) is 23.5 Å². The number of allylic oxidation sites excluding steroid dienone is 3. The molecule has 1 aliphatic carbocycles. The second-order valence-electron chi connectivity index (χ2n) is 5.99. The Morgan fingerprint density at radius 3 is 2.65 bits per heavy atom. The molecule has 4 nitrogen and oxygen atoms in total. The second kappa shape index (κ2) is 6.64. The Morgan fingerprint density at radius 2 is 1.90 bits per heavy atom. The summed E-state index contributed by atoms with van der Waals surface area (Å²) in [5.41, 5.74) is 2.68. The molecule has 0 atom stereocenters. The molecular formula is C16H26N3O. The number of hydrogen-bond donors (Lipinski definition) is 1. The standard InChI is InChI=1S/C16H26N3O/c1-18-7-5-14(6-8-18)17-15-3-2-4-16(13-15)19-9-11-20-12-10-19/h3-4,13-14,17H,2,5-12H2,1H3. The molecule has 111 valence electrons. The van der Waals surface area contributed by atoms with Crippen LogP contribution in [0.5, 0.6) is 0 Å². The van der Waals surface area contributed by atoms with Crippen LogP contribution in [0.2, 0.25) is 0 Å². The summed E-state index contributed by atoms with van der Waals surface area (Å²) in [5, 5.41) is 3.73. The number of nitrogens with one attached hydrogen (secondary N) is 1. The number of ether oxygens (including phenoxy) is 1. The minimum absolute atomic E-state index is 0.637. The summed E-state index contributed by atoms with van der Waals surface area (Å²) in [6.07, 6.45) is 10.5. The Kier molecular flexibility index (Phi) is 4.63. The van der Waals surface area contributed by atoms with Crippen LogP contribution in [-0.4, -0.2) is 62.3 Å². The van der Waals surface area contributed by atoms with Crippen LogP contribution in [0.3, 0.4) is 0 Å². The maximum absolute atomic E-state index is 5.43. The van der Waals surface area contributed by atoms with Crippen molar-refractivity contribution in [1.82, 2.24) is 15.1 Å². The van der Waals surface area contributed by atoms with Crippen LogP contribution in [0.25, 0.3) is 0 Å². The maximum Gasteiger partial charge on any atom is 0.0642 e. The summed E-state index contributed by atoms with van der Waals surface area (Å²) >= 11 is 0. The highest BCUT2D eigenvalue weighted by atomic mass is 16.5. The summed E-state index contributed by atoms with van der Waals surface area (Å²) in [6, 6.07) is 0.637. The molecule has 0 aromatic rings. The smallest absolute Gasteiger partial charge is 0.0642 e. The average Bonchev–Trinajstić information content (AvgIpc) is 2.51. The van der Waals surface area contributed by atoms with E-state index in [2.05, 4.69) is 40.7 Å². The average molecular weight is 276 g/mol. The molecule has 3 rings (SSSR count). The van der Waals surface area contributed by atoms with Gasteiger partial charge in [-0.05, 0) is 45.5 Å². The summed E-state index contributed by atoms with van der Waals surface area (Å²) in [5.74, 6) is 0. The molecule has 0 unspecified atom stereocenters. The van der Waals surface area contributed by atoms with Crippen molar-refractivity contribution in [2.75, 3.05) is 46.4 Å². The molecule has 4 heteroatoms. The van der Waals surface area contributed by atoms with Crippen molar-refractivity contribution in [3.8, 4) is 0 Å². The lowest BCUT2D eigenvalue weighted by Gasteiger charge is -2.34. The first-order valence-corrected chi connectivity index (χ1v) is 7.84. The normalized spacial score (nSPS) is 26.1. The highest BCUT2D eigenvalue weighted by molar-refractivity contribution is 5.32. The molecule has 0 saturated carbocycles. The van der Waals surface area contributed by atoms with Crippen LogP contribution >= 0.6 is 0 Å². The lowest BCUT2D eigenvalue weighted by atomic mass is 10.0. The van der Waals surface area contributed by atoms with Crippen molar-refractivity contribution in [2.45, 2.75) is 25.3 Å². The van der Waals surface area contributed by atoms with Crippen molar-refractivity contribution < 1.29 is 4.74 Å². The SMILES string of the molecule is CN1CCC(NC2=CC(N3CCOCC3)=CC[CH]2)CC1. The molecule has 0 aromatic carbocycles. The lowest BCUT2D eigenvalue weighted by Crippen LogP contribution is -2.41. The van der Waals surface area contributed by atoms with Gasteiger partial charge in [0.05, 0.1) is 13.2 Å². The van der Waals surface area contributed by atoms with Crippen molar-refractivity contribution in [1.29, 1.82) is 0 Å². The summed E-state index contributed by atoms with van der Waals surface area (Å²) in [4.78, 5) is 4.85. The minimum Gasteiger partial charge on any atom is -0.385 e. The number of nitrogens with zero attached hydrogens (tertiary/aromatic N) is 2. The zero-order chi connectivity index (χ0) is 13.8. The third-order valence-electron chi connectivity index (χ3n) is 4.43. The van der Waals surface area contributed by atoms with Gasteiger partial charge in [0.15, 0.2) is 0 Å². The van der Waals surface area contributed by atoms with Crippen LogP contribution in [-0.2, 0) is 4.74 Å². The van der Waals surface area contributed by atoms with Gasteiger partial charge in [-0.3, -0.25) is 0 Å². The summed E-state index contributed by atoms with van der Waals surface area (Å²) < 4.78 is 5.43. The van der Waals surface area contributed by atoms with E-state index in [0.717, 1.165) is 32.7 Å². The largest absolute Gasteiger partial charge is 0.385 e. The summed E-state index contributed by atoms with van der Waals surface area (Å²) in [7, 11) is 2.21. The monoisotopic (exact) mass is 276 g/mol. The van der Waals surface area contributed by atoms with Gasteiger partial charge in [0, 0.05) is 36.9 Å². The van der Waals surface area contributed by atoms with Crippen LogP contribution in [0.4, 0.5) is 0 Å². The molecule has 3 aliphatic rings. The fourth-order valence-corrected chi connectivity index (χ4v) is 3.11. The van der Waals surface area contributed by atoms with E-state index in [0.29, 0.717) is 6.04 Å². The van der Waals surface area contributed by atoms with E-state index >= 15 is 0 Å². The Morgan fingerprint density at radius 1 is 1.15 bits per heavy atom. The molecule has 2 heterocycles. The highest BCUT2D eigenvalue weighted by Gasteiger charge is 2.19. The first kappa shape index (κ1) is 14.0. The molecular weight excluding hydrogens is 250 g/mol. The van der Waals surface area contributed by atoms with Crippen molar-refractivity contribution in [3.05, 3.63) is 30.0 Å². The van der Waals surface area contributed by atoms with E-state index in [1.165, 1.54) is 37.3 Å². The third-order valence-corrected chi connectivity index (χ3v) is 4.43. The molecule has 0 bridgehead atoms. The van der Waals surface area contributed by atoms with E-state index in [4.69, 9.17) is 4.74 Å². The van der Waals surface area contributed by atoms with Gasteiger partial charge in [0.2, 0.25) is 0 Å². The first-order valence-electron chi connectivity index (χ1n) is 7.84. The van der Waals surface area contributed by atoms with Gasteiger partial charge in [-0.25, -0.2) is 0 Å². The van der Waals surface area contributed by atoms with Gasteiger partial charge in [-0.1, -0.05) is 6.08 Å². The van der Waals surface area contributed by atoms with Crippen molar-refractivity contribution in [2.24, 2.45) is 0 Å². The number of likely N-dealkylation sites (tertiary alicyclic amines) is 1. The van der Waals surface area contributed by atoms with Crippen molar-refractivity contribution >= 4 is 0 Å². The predicted molar refractivity (Wildman–Crippen MR) is 81.1 cm³/mol. The van der Waals surface area contributed by atoms with Gasteiger partial charge < -0.3 is 19.9 Å². The fourth-order valence-electron chi connectivity index (χ4n) is 3.11. The number of rotatable bonds is 3. The van der Waals surface area contributed by atoms with Crippen LogP contribution in [0.1, 0.15) is 19.3 Å². The number of hydrogen-bond acceptors (Lipinski definition) is 4. The predicted octanol–water partition coefficient (Wildman–Crippen LogP) is 1.38. The van der Waals surface area contributed by atoms with Gasteiger partial charge in [0.1, 0.15) is 0 Å². The Bertz CT molecular complexity index is 377. The molecule has 0 aromatic heterocycles. The molecule has 1 radical (unpaired) electrons. The lowest BCUT2D eigenvalue weighted by molar-refractivity contribution is 0.0551. The van der Waals surface area contributed by atoms with Crippen molar-refractivity contribution in [3.63, 3.8) is 0 Å². The molecule has 20 heavy (non-hydrogen) atoms. The zero-order valence-electron chi connectivity index (χ0n) is 12.5. The van der Waals surface area contributed by atoms with Gasteiger partial charge in [-0.15, -0.1) is 0 Å². The van der Waals surface area contributed by atoms with Gasteiger partial charge in [0.25, 0.3) is 0 Å². The number of morpholine rings is 1. The third kappa shape index (κ3) is 3.55. The Labute approximate surface area is 122 Å². The van der Waals surface area contributed by atoms with E-state index in [1.54, 1.807) is 0 Å². The fraction of sp³-hybridized carbons (Fsp3) is 0.688. The first-order chi connectivity index (χ1) is 9.81. The summed E-state index contributed by atoms with van der Waals surface area (Å²) in [6.45, 7) is 6.15. The molecule has 2 saturated heterocycles. The molecule has 0 amide bonds. The minimum atomic E-state index is 0.637. The van der Waals surface area contributed by atoms with Crippen LogP contribution in [0, 0.1) is 6.42 Å². The van der Waals surface area contributed by atoms with E-state index in [-0.39, 0.29) is 0 Å². The van der Waals surface area contributed by atoms with Crippen LogP contribution < -0.4 is 5.32 Å². The van der Waals surface area contributed by atoms with Gasteiger partial charge in [-0.2, -0.15) is 0 Å². The molecule has 2 aliphatic heterocycles. The maximum atomic E-state index is 5.43. The molecule has 0 spiro atoms. The Balaban J connectivity index is 1.56.